The van der Waals surface area contributed by atoms with Crippen molar-refractivity contribution in [3.05, 3.63) is 22.3 Å². The molecule has 116 valence electrons. The van der Waals surface area contributed by atoms with Gasteiger partial charge in [0.05, 0.1) is 12.2 Å². The Hall–Kier alpha value is -1.14. The van der Waals surface area contributed by atoms with Gasteiger partial charge in [-0.25, -0.2) is 4.98 Å². The predicted molar refractivity (Wildman–Crippen MR) is 86.6 cm³/mol. The van der Waals surface area contributed by atoms with Gasteiger partial charge in [0.15, 0.2) is 0 Å². The Morgan fingerprint density at radius 3 is 2.90 bits per heavy atom. The molecule has 0 bridgehead atoms. The fourth-order valence-corrected chi connectivity index (χ4v) is 2.80. The first-order valence-corrected chi connectivity index (χ1v) is 8.01. The highest BCUT2D eigenvalue weighted by Crippen LogP contribution is 2.36. The number of halogens is 1. The van der Waals surface area contributed by atoms with Crippen LogP contribution in [-0.4, -0.2) is 49.1 Å². The molecule has 0 saturated heterocycles. The second kappa shape index (κ2) is 7.22. The summed E-state index contributed by atoms with van der Waals surface area (Å²) in [6.45, 7) is 3.26. The molecular formula is C15H22BrN3O2. The number of carbonyl (C=O) groups excluding carboxylic acids is 1. The lowest BCUT2D eigenvalue weighted by Crippen LogP contribution is -2.42. The van der Waals surface area contributed by atoms with Crippen LogP contribution in [0.25, 0.3) is 0 Å². The van der Waals surface area contributed by atoms with Crippen LogP contribution in [0.15, 0.2) is 16.7 Å². The van der Waals surface area contributed by atoms with Gasteiger partial charge in [-0.1, -0.05) is 0 Å². The molecule has 1 aromatic heterocycles. The number of methoxy groups -OCH3 is 1. The lowest BCUT2D eigenvalue weighted by molar-refractivity contribution is 0.0595. The molecule has 1 aliphatic carbocycles. The van der Waals surface area contributed by atoms with Crippen molar-refractivity contribution in [2.24, 2.45) is 5.92 Å². The third-order valence-electron chi connectivity index (χ3n) is 3.91. The normalized spacial score (nSPS) is 15.6. The summed E-state index contributed by atoms with van der Waals surface area (Å²) in [6.07, 6.45) is 4.09. The Balaban J connectivity index is 2.25. The molecule has 6 heteroatoms. The van der Waals surface area contributed by atoms with Crippen LogP contribution in [0.1, 0.15) is 30.1 Å². The van der Waals surface area contributed by atoms with E-state index >= 15 is 0 Å². The molecule has 0 aromatic carbocycles. The Bertz CT molecular complexity index is 506. The largest absolute Gasteiger partial charge is 0.383 e. The van der Waals surface area contributed by atoms with E-state index in [1.807, 2.05) is 11.0 Å². The summed E-state index contributed by atoms with van der Waals surface area (Å²) in [5.74, 6) is 1.22. The summed E-state index contributed by atoms with van der Waals surface area (Å²) < 4.78 is 5.96. The van der Waals surface area contributed by atoms with Crippen LogP contribution >= 0.6 is 15.9 Å². The van der Waals surface area contributed by atoms with E-state index in [4.69, 9.17) is 4.74 Å². The van der Waals surface area contributed by atoms with Gasteiger partial charge in [0.2, 0.25) is 0 Å². The number of rotatable bonds is 7. The molecule has 1 heterocycles. The minimum atomic E-state index is 0.00426. The van der Waals surface area contributed by atoms with Crippen molar-refractivity contribution in [2.75, 3.05) is 32.6 Å². The topological polar surface area (TPSA) is 54.5 Å². The molecule has 1 fully saturated rings. The van der Waals surface area contributed by atoms with Crippen LogP contribution in [0.2, 0.25) is 0 Å². The standard InChI is InChI=1S/C15H22BrN3O2/c1-10(11-4-5-11)19(6-7-21-3)15(20)13-8-12(16)9-18-14(13)17-2/h8-11H,4-7H2,1-3H3,(H,17,18). The summed E-state index contributed by atoms with van der Waals surface area (Å²) in [7, 11) is 3.43. The van der Waals surface area contributed by atoms with Crippen LogP contribution in [-0.2, 0) is 4.74 Å². The fourth-order valence-electron chi connectivity index (χ4n) is 2.47. The van der Waals surface area contributed by atoms with Gasteiger partial charge < -0.3 is 15.0 Å². The van der Waals surface area contributed by atoms with Crippen molar-refractivity contribution >= 4 is 27.7 Å². The number of hydrogen-bond acceptors (Lipinski definition) is 4. The fraction of sp³-hybridized carbons (Fsp3) is 0.600. The van der Waals surface area contributed by atoms with Crippen molar-refractivity contribution < 1.29 is 9.53 Å². The maximum atomic E-state index is 12.9. The first-order valence-electron chi connectivity index (χ1n) is 7.21. The molecule has 5 nitrogen and oxygen atoms in total. The van der Waals surface area contributed by atoms with Crippen LogP contribution in [0.4, 0.5) is 5.82 Å². The molecule has 0 aliphatic heterocycles. The molecule has 1 amide bonds. The SMILES string of the molecule is CNc1ncc(Br)cc1C(=O)N(CCOC)C(C)C1CC1. The van der Waals surface area contributed by atoms with E-state index < -0.39 is 0 Å². The van der Waals surface area contributed by atoms with Crippen molar-refractivity contribution in [3.63, 3.8) is 0 Å². The van der Waals surface area contributed by atoms with E-state index in [2.05, 4.69) is 33.2 Å². The van der Waals surface area contributed by atoms with E-state index in [1.165, 1.54) is 12.8 Å². The maximum absolute atomic E-state index is 12.9. The van der Waals surface area contributed by atoms with Crippen molar-refractivity contribution in [2.45, 2.75) is 25.8 Å². The van der Waals surface area contributed by atoms with Gasteiger partial charge in [0, 0.05) is 37.4 Å². The second-order valence-electron chi connectivity index (χ2n) is 5.37. The zero-order valence-electron chi connectivity index (χ0n) is 12.7. The zero-order chi connectivity index (χ0) is 15.4. The molecule has 0 radical (unpaired) electrons. The number of carbonyl (C=O) groups is 1. The molecule has 21 heavy (non-hydrogen) atoms. The second-order valence-corrected chi connectivity index (χ2v) is 6.28. The van der Waals surface area contributed by atoms with Crippen LogP contribution in [0.5, 0.6) is 0 Å². The van der Waals surface area contributed by atoms with E-state index in [-0.39, 0.29) is 11.9 Å². The summed E-state index contributed by atoms with van der Waals surface area (Å²) in [5.41, 5.74) is 0.593. The number of nitrogens with one attached hydrogen (secondary N) is 1. The zero-order valence-corrected chi connectivity index (χ0v) is 14.3. The number of nitrogens with zero attached hydrogens (tertiary/aromatic N) is 2. The lowest BCUT2D eigenvalue weighted by Gasteiger charge is -2.29. The number of ether oxygens (including phenoxy) is 1. The Kier molecular flexibility index (Phi) is 5.58. The molecule has 1 atom stereocenters. The van der Waals surface area contributed by atoms with Crippen molar-refractivity contribution in [1.29, 1.82) is 0 Å². The lowest BCUT2D eigenvalue weighted by atomic mass is 10.1. The average Bonchev–Trinajstić information content (AvgIpc) is 3.31. The summed E-state index contributed by atoms with van der Waals surface area (Å²) >= 11 is 3.39. The smallest absolute Gasteiger partial charge is 0.257 e. The van der Waals surface area contributed by atoms with Crippen molar-refractivity contribution in [1.82, 2.24) is 9.88 Å². The molecular weight excluding hydrogens is 334 g/mol. The van der Waals surface area contributed by atoms with Crippen LogP contribution in [0, 0.1) is 5.92 Å². The number of pyridine rings is 1. The van der Waals surface area contributed by atoms with E-state index in [9.17, 15) is 4.79 Å². The quantitative estimate of drug-likeness (QED) is 0.816. The van der Waals surface area contributed by atoms with Crippen molar-refractivity contribution in [3.8, 4) is 0 Å². The van der Waals surface area contributed by atoms with Gasteiger partial charge in [0.1, 0.15) is 5.82 Å². The van der Waals surface area contributed by atoms with Crippen LogP contribution < -0.4 is 5.32 Å². The third-order valence-corrected chi connectivity index (χ3v) is 4.35. The van der Waals surface area contributed by atoms with E-state index in [1.54, 1.807) is 20.4 Å². The van der Waals surface area contributed by atoms with Gasteiger partial charge in [-0.2, -0.15) is 0 Å². The van der Waals surface area contributed by atoms with Gasteiger partial charge in [0.25, 0.3) is 5.91 Å². The highest BCUT2D eigenvalue weighted by atomic mass is 79.9. The van der Waals surface area contributed by atoms with Crippen LogP contribution in [0.3, 0.4) is 0 Å². The molecule has 2 rings (SSSR count). The minimum Gasteiger partial charge on any atom is -0.383 e. The van der Waals surface area contributed by atoms with E-state index in [0.717, 1.165) is 4.47 Å². The first kappa shape index (κ1) is 16.2. The van der Waals surface area contributed by atoms with Gasteiger partial charge >= 0.3 is 0 Å². The summed E-state index contributed by atoms with van der Waals surface area (Å²) in [4.78, 5) is 19.1. The number of amides is 1. The highest BCUT2D eigenvalue weighted by molar-refractivity contribution is 9.10. The first-order chi connectivity index (χ1) is 10.1. The molecule has 1 unspecified atom stereocenters. The maximum Gasteiger partial charge on any atom is 0.257 e. The molecule has 1 aliphatic rings. The van der Waals surface area contributed by atoms with Gasteiger partial charge in [-0.3, -0.25) is 4.79 Å². The summed E-state index contributed by atoms with van der Waals surface area (Å²) in [6, 6.07) is 2.05. The number of aromatic nitrogens is 1. The van der Waals surface area contributed by atoms with Gasteiger partial charge in [-0.05, 0) is 47.7 Å². The molecule has 1 aromatic rings. The molecule has 1 saturated carbocycles. The number of hydrogen-bond donors (Lipinski definition) is 1. The Labute approximate surface area is 134 Å². The van der Waals surface area contributed by atoms with Gasteiger partial charge in [-0.15, -0.1) is 0 Å². The molecule has 1 N–H and O–H groups in total. The Morgan fingerprint density at radius 1 is 1.62 bits per heavy atom. The monoisotopic (exact) mass is 355 g/mol. The third kappa shape index (κ3) is 3.95. The number of anilines is 1. The Morgan fingerprint density at radius 2 is 2.33 bits per heavy atom. The highest BCUT2D eigenvalue weighted by Gasteiger charge is 2.35. The molecule has 0 spiro atoms. The van der Waals surface area contributed by atoms with E-state index in [0.29, 0.717) is 30.5 Å². The summed E-state index contributed by atoms with van der Waals surface area (Å²) in [5, 5.41) is 2.99. The predicted octanol–water partition coefficient (Wildman–Crippen LogP) is 2.77. The average molecular weight is 356 g/mol. The minimum absolute atomic E-state index is 0.00426.